The van der Waals surface area contributed by atoms with Gasteiger partial charge in [0.2, 0.25) is 11.8 Å². The summed E-state index contributed by atoms with van der Waals surface area (Å²) in [5, 5.41) is 2.74. The number of carbonyl (C=O) groups excluding carboxylic acids is 3. The predicted octanol–water partition coefficient (Wildman–Crippen LogP) is 4.28. The van der Waals surface area contributed by atoms with Gasteiger partial charge in [0, 0.05) is 73.4 Å². The quantitative estimate of drug-likeness (QED) is 0.441. The molecule has 3 amide bonds. The molecule has 0 radical (unpaired) electrons. The van der Waals surface area contributed by atoms with E-state index in [9.17, 15) is 14.4 Å². The minimum absolute atomic E-state index is 0.0382. The van der Waals surface area contributed by atoms with E-state index < -0.39 is 5.91 Å². The molecule has 198 valence electrons. The first kappa shape index (κ1) is 24.9. The lowest BCUT2D eigenvalue weighted by molar-refractivity contribution is -0.128. The van der Waals surface area contributed by atoms with Crippen molar-refractivity contribution in [3.8, 4) is 22.8 Å². The summed E-state index contributed by atoms with van der Waals surface area (Å²) in [6.45, 7) is 1.59. The molecule has 9 nitrogen and oxygen atoms in total. The van der Waals surface area contributed by atoms with Gasteiger partial charge in [0.1, 0.15) is 11.5 Å². The highest BCUT2D eigenvalue weighted by molar-refractivity contribution is 6.00. The summed E-state index contributed by atoms with van der Waals surface area (Å²) in [6.07, 6.45) is 9.29. The fourth-order valence-electron chi connectivity index (χ4n) is 4.87. The molecule has 1 aliphatic carbocycles. The molecule has 39 heavy (non-hydrogen) atoms. The van der Waals surface area contributed by atoms with Gasteiger partial charge in [-0.25, -0.2) is 4.99 Å². The Hall–Kier alpha value is -4.40. The zero-order valence-corrected chi connectivity index (χ0v) is 21.5. The Bertz CT molecular complexity index is 1430. The first-order valence-electron chi connectivity index (χ1n) is 13.4. The average molecular weight is 524 g/mol. The Labute approximate surface area is 226 Å². The Morgan fingerprint density at radius 2 is 1.95 bits per heavy atom. The van der Waals surface area contributed by atoms with Crippen molar-refractivity contribution < 1.29 is 19.1 Å². The molecule has 1 N–H and O–H groups in total. The standard InChI is InChI=1S/C30H29N5O4/c36-28-12-19(14-33-28)15-34-30(38)22-5-6-23(18-35-11-1-2-29(35)37)27(13-22)39-24-9-7-21(8-10-24)26-17-31-25(16-32-26)20-3-4-20/h5-10,13,15-17,19-20H,1-4,11-12,14,18H2,(H,33,36). The second kappa shape index (κ2) is 10.8. The van der Waals surface area contributed by atoms with Crippen LogP contribution in [0.5, 0.6) is 11.5 Å². The summed E-state index contributed by atoms with van der Waals surface area (Å²) >= 11 is 0. The van der Waals surface area contributed by atoms with Crippen molar-refractivity contribution >= 4 is 23.9 Å². The van der Waals surface area contributed by atoms with Crippen molar-refractivity contribution in [2.45, 2.75) is 44.6 Å². The number of benzene rings is 2. The molecule has 0 spiro atoms. The third-order valence-electron chi connectivity index (χ3n) is 7.30. The molecular weight excluding hydrogens is 494 g/mol. The van der Waals surface area contributed by atoms with Gasteiger partial charge in [-0.15, -0.1) is 0 Å². The maximum atomic E-state index is 12.8. The minimum Gasteiger partial charge on any atom is -0.457 e. The van der Waals surface area contributed by atoms with Gasteiger partial charge < -0.3 is 15.0 Å². The zero-order chi connectivity index (χ0) is 26.8. The second-order valence-corrected chi connectivity index (χ2v) is 10.3. The van der Waals surface area contributed by atoms with Crippen molar-refractivity contribution in [3.05, 3.63) is 71.7 Å². The molecule has 1 unspecified atom stereocenters. The van der Waals surface area contributed by atoms with E-state index >= 15 is 0 Å². The number of ether oxygens (including phenoxy) is 1. The Kier molecular flexibility index (Phi) is 6.87. The van der Waals surface area contributed by atoms with E-state index in [-0.39, 0.29) is 17.7 Å². The van der Waals surface area contributed by atoms with E-state index in [4.69, 9.17) is 4.74 Å². The van der Waals surface area contributed by atoms with Crippen LogP contribution in [-0.2, 0) is 16.1 Å². The van der Waals surface area contributed by atoms with Gasteiger partial charge in [-0.3, -0.25) is 24.4 Å². The normalized spacial score (nSPS) is 19.1. The molecule has 2 saturated heterocycles. The molecule has 1 atom stereocenters. The third-order valence-corrected chi connectivity index (χ3v) is 7.30. The molecule has 0 bridgehead atoms. The first-order valence-corrected chi connectivity index (χ1v) is 13.4. The highest BCUT2D eigenvalue weighted by Gasteiger charge is 2.25. The van der Waals surface area contributed by atoms with Gasteiger partial charge >= 0.3 is 0 Å². The summed E-state index contributed by atoms with van der Waals surface area (Å²) in [6, 6.07) is 12.7. The van der Waals surface area contributed by atoms with E-state index in [2.05, 4.69) is 20.3 Å². The fourth-order valence-corrected chi connectivity index (χ4v) is 4.87. The van der Waals surface area contributed by atoms with Gasteiger partial charge in [-0.2, -0.15) is 0 Å². The molecule has 1 saturated carbocycles. The monoisotopic (exact) mass is 523 g/mol. The van der Waals surface area contributed by atoms with E-state index in [0.717, 1.165) is 28.9 Å². The second-order valence-electron chi connectivity index (χ2n) is 10.3. The number of nitrogens with zero attached hydrogens (tertiary/aromatic N) is 4. The van der Waals surface area contributed by atoms with Crippen LogP contribution in [0.25, 0.3) is 11.3 Å². The summed E-state index contributed by atoms with van der Waals surface area (Å²) in [7, 11) is 0. The molecule has 3 aromatic rings. The zero-order valence-electron chi connectivity index (χ0n) is 21.5. The predicted molar refractivity (Wildman–Crippen MR) is 145 cm³/mol. The number of hydrogen-bond acceptors (Lipinski definition) is 6. The van der Waals surface area contributed by atoms with Crippen LogP contribution >= 0.6 is 0 Å². The Morgan fingerprint density at radius 3 is 2.62 bits per heavy atom. The van der Waals surface area contributed by atoms with E-state index in [1.807, 2.05) is 42.7 Å². The average Bonchev–Trinajstić information content (AvgIpc) is 3.61. The van der Waals surface area contributed by atoms with Crippen molar-refractivity contribution in [2.75, 3.05) is 13.1 Å². The van der Waals surface area contributed by atoms with Gasteiger partial charge in [0.25, 0.3) is 5.91 Å². The molecule has 2 aromatic carbocycles. The SMILES string of the molecule is O=C1CC(C=NC(=O)c2ccc(CN3CCCC3=O)c(Oc3ccc(-c4cnc(C5CC5)cn4)cc3)c2)CN1. The van der Waals surface area contributed by atoms with Gasteiger partial charge in [0.15, 0.2) is 0 Å². The van der Waals surface area contributed by atoms with Crippen LogP contribution in [0.15, 0.2) is 59.9 Å². The number of rotatable bonds is 8. The van der Waals surface area contributed by atoms with Crippen LogP contribution in [0.1, 0.15) is 59.6 Å². The molecule has 3 aliphatic rings. The van der Waals surface area contributed by atoms with Crippen LogP contribution in [0.3, 0.4) is 0 Å². The first-order chi connectivity index (χ1) is 19.0. The summed E-state index contributed by atoms with van der Waals surface area (Å²) in [4.78, 5) is 51.5. The summed E-state index contributed by atoms with van der Waals surface area (Å²) in [5.74, 6) is 1.22. The van der Waals surface area contributed by atoms with Crippen molar-refractivity contribution in [1.82, 2.24) is 20.2 Å². The van der Waals surface area contributed by atoms with Crippen molar-refractivity contribution in [1.29, 1.82) is 0 Å². The molecule has 3 fully saturated rings. The lowest BCUT2D eigenvalue weighted by atomic mass is 10.1. The number of aromatic nitrogens is 2. The fraction of sp³-hybridized carbons (Fsp3) is 0.333. The van der Waals surface area contributed by atoms with E-state index in [0.29, 0.717) is 55.5 Å². The molecule has 2 aliphatic heterocycles. The van der Waals surface area contributed by atoms with Gasteiger partial charge in [-0.05, 0) is 55.7 Å². The number of nitrogens with one attached hydrogen (secondary N) is 1. The number of aliphatic imine (C=N–C) groups is 1. The largest absolute Gasteiger partial charge is 0.457 e. The number of likely N-dealkylation sites (tertiary alicyclic amines) is 1. The lowest BCUT2D eigenvalue weighted by Crippen LogP contribution is -2.24. The Balaban J connectivity index is 1.21. The lowest BCUT2D eigenvalue weighted by Gasteiger charge is -2.19. The molecule has 9 heteroatoms. The molecule has 6 rings (SSSR count). The maximum absolute atomic E-state index is 12.8. The van der Waals surface area contributed by atoms with Crippen LogP contribution in [-0.4, -0.2) is 51.9 Å². The van der Waals surface area contributed by atoms with Crippen molar-refractivity contribution in [3.63, 3.8) is 0 Å². The van der Waals surface area contributed by atoms with Crippen molar-refractivity contribution in [2.24, 2.45) is 10.9 Å². The number of hydrogen-bond donors (Lipinski definition) is 1. The van der Waals surface area contributed by atoms with Gasteiger partial charge in [-0.1, -0.05) is 6.07 Å². The van der Waals surface area contributed by atoms with Crippen LogP contribution in [0, 0.1) is 5.92 Å². The van der Waals surface area contributed by atoms with Crippen LogP contribution in [0.4, 0.5) is 0 Å². The van der Waals surface area contributed by atoms with Crippen LogP contribution in [0.2, 0.25) is 0 Å². The minimum atomic E-state index is -0.411. The molecular formula is C30H29N5O4. The summed E-state index contributed by atoms with van der Waals surface area (Å²) < 4.78 is 6.25. The number of amides is 3. The molecule has 3 heterocycles. The van der Waals surface area contributed by atoms with E-state index in [1.165, 1.54) is 19.1 Å². The van der Waals surface area contributed by atoms with Gasteiger partial charge in [0.05, 0.1) is 17.6 Å². The topological polar surface area (TPSA) is 114 Å². The number of carbonyl (C=O) groups is 3. The summed E-state index contributed by atoms with van der Waals surface area (Å²) in [5.41, 5.74) is 3.96. The Morgan fingerprint density at radius 1 is 1.10 bits per heavy atom. The third kappa shape index (κ3) is 5.87. The van der Waals surface area contributed by atoms with Crippen LogP contribution < -0.4 is 10.1 Å². The highest BCUT2D eigenvalue weighted by Crippen LogP contribution is 2.38. The highest BCUT2D eigenvalue weighted by atomic mass is 16.5. The molecule has 1 aromatic heterocycles. The smallest absolute Gasteiger partial charge is 0.276 e. The maximum Gasteiger partial charge on any atom is 0.276 e. The van der Waals surface area contributed by atoms with E-state index in [1.54, 1.807) is 17.0 Å².